The molecule has 0 aliphatic carbocycles. The molecule has 0 radical (unpaired) electrons. The second-order valence-corrected chi connectivity index (χ2v) is 5.16. The van der Waals surface area contributed by atoms with E-state index in [9.17, 15) is 17.2 Å². The summed E-state index contributed by atoms with van der Waals surface area (Å²) < 4.78 is 53.4. The van der Waals surface area contributed by atoms with Crippen LogP contribution in [0.2, 0.25) is 0 Å². The zero-order chi connectivity index (χ0) is 13.9. The van der Waals surface area contributed by atoms with Crippen molar-refractivity contribution in [3.05, 3.63) is 23.8 Å². The van der Waals surface area contributed by atoms with Crippen LogP contribution in [0.25, 0.3) is 0 Å². The van der Waals surface area contributed by atoms with Crippen molar-refractivity contribution in [3.63, 3.8) is 0 Å². The Labute approximate surface area is 102 Å². The first-order valence-corrected chi connectivity index (χ1v) is 6.50. The predicted molar refractivity (Wildman–Crippen MR) is 60.7 cm³/mol. The minimum atomic E-state index is -3.64. The van der Waals surface area contributed by atoms with Crippen LogP contribution in [-0.2, 0) is 10.0 Å². The van der Waals surface area contributed by atoms with Crippen molar-refractivity contribution in [1.29, 1.82) is 0 Å². The fourth-order valence-corrected chi connectivity index (χ4v) is 1.76. The van der Waals surface area contributed by atoms with Crippen LogP contribution in [-0.4, -0.2) is 32.0 Å². The number of hydrogen-bond donors (Lipinski definition) is 3. The predicted octanol–water partition coefficient (Wildman–Crippen LogP) is 0.344. The van der Waals surface area contributed by atoms with E-state index in [4.69, 9.17) is 10.0 Å². The van der Waals surface area contributed by atoms with Gasteiger partial charge in [0, 0.05) is 11.6 Å². The van der Waals surface area contributed by atoms with E-state index in [1.807, 2.05) is 4.72 Å². The van der Waals surface area contributed by atoms with E-state index >= 15 is 0 Å². The summed E-state index contributed by atoms with van der Waals surface area (Å²) in [5.74, 6) is -0.297. The molecule has 6 nitrogen and oxygen atoms in total. The van der Waals surface area contributed by atoms with Gasteiger partial charge in [0.2, 0.25) is 10.0 Å². The molecule has 0 heterocycles. The molecule has 1 aromatic carbocycles. The summed E-state index contributed by atoms with van der Waals surface area (Å²) in [5.41, 5.74) is -0.676. The Balaban J connectivity index is 3.13. The highest BCUT2D eigenvalue weighted by Gasteiger charge is 2.16. The maximum atomic E-state index is 12.5. The van der Waals surface area contributed by atoms with Crippen LogP contribution in [0, 0.1) is 0 Å². The summed E-state index contributed by atoms with van der Waals surface area (Å²) >= 11 is 0. The molecule has 10 heteroatoms. The Morgan fingerprint density at radius 3 is 2.39 bits per heavy atom. The molecule has 1 aromatic rings. The second kappa shape index (κ2) is 5.50. The van der Waals surface area contributed by atoms with Crippen molar-refractivity contribution >= 4 is 23.0 Å². The number of halogens is 2. The molecule has 0 aliphatic rings. The molecule has 100 valence electrons. The minimum Gasteiger partial charge on any atom is -0.512 e. The standard InChI is InChI=1S/C8H10BF2NO5S/c1-18(15,16)12-6-2-5(8(10)11)3-7(4-6)17-9(13)14/h2-4,8,12-14H,1H3. The van der Waals surface area contributed by atoms with Crippen LogP contribution in [0.15, 0.2) is 18.2 Å². The molecule has 1 rings (SSSR count). The van der Waals surface area contributed by atoms with Gasteiger partial charge >= 0.3 is 7.32 Å². The van der Waals surface area contributed by atoms with Crippen LogP contribution in [0.1, 0.15) is 12.0 Å². The zero-order valence-electron chi connectivity index (χ0n) is 9.17. The summed E-state index contributed by atoms with van der Waals surface area (Å²) in [6, 6.07) is 2.84. The van der Waals surface area contributed by atoms with E-state index in [-0.39, 0.29) is 11.4 Å². The van der Waals surface area contributed by atoms with Gasteiger partial charge in [-0.15, -0.1) is 0 Å². The van der Waals surface area contributed by atoms with Gasteiger partial charge in [0.05, 0.1) is 11.9 Å². The highest BCUT2D eigenvalue weighted by molar-refractivity contribution is 7.92. The van der Waals surface area contributed by atoms with Crippen LogP contribution in [0.4, 0.5) is 14.5 Å². The lowest BCUT2D eigenvalue weighted by molar-refractivity contribution is 0.151. The fourth-order valence-electron chi connectivity index (χ4n) is 1.21. The molecule has 0 spiro atoms. The lowest BCUT2D eigenvalue weighted by atomic mass is 10.1. The van der Waals surface area contributed by atoms with E-state index < -0.39 is 29.3 Å². The highest BCUT2D eigenvalue weighted by atomic mass is 32.2. The van der Waals surface area contributed by atoms with Crippen molar-refractivity contribution in [3.8, 4) is 5.75 Å². The maximum absolute atomic E-state index is 12.5. The summed E-state index contributed by atoms with van der Waals surface area (Å²) in [7, 11) is -5.83. The number of nitrogens with one attached hydrogen (secondary N) is 1. The SMILES string of the molecule is CS(=O)(=O)Nc1cc(OB(O)O)cc(C(F)F)c1. The number of benzene rings is 1. The molecule has 18 heavy (non-hydrogen) atoms. The monoisotopic (exact) mass is 281 g/mol. The average molecular weight is 281 g/mol. The smallest absolute Gasteiger partial charge is 0.512 e. The molecular weight excluding hydrogens is 271 g/mol. The first-order chi connectivity index (χ1) is 8.17. The van der Waals surface area contributed by atoms with Gasteiger partial charge in [-0.2, -0.15) is 0 Å². The Morgan fingerprint density at radius 2 is 1.94 bits per heavy atom. The van der Waals surface area contributed by atoms with Gasteiger partial charge < -0.3 is 14.7 Å². The van der Waals surface area contributed by atoms with Crippen molar-refractivity contribution in [2.24, 2.45) is 0 Å². The van der Waals surface area contributed by atoms with E-state index in [0.29, 0.717) is 0 Å². The molecule has 0 atom stereocenters. The summed E-state index contributed by atoms with van der Waals surface area (Å²) in [4.78, 5) is 0. The van der Waals surface area contributed by atoms with E-state index in [0.717, 1.165) is 24.5 Å². The van der Waals surface area contributed by atoms with Crippen molar-refractivity contribution < 1.29 is 31.9 Å². The lowest BCUT2D eigenvalue weighted by Crippen LogP contribution is -2.20. The average Bonchev–Trinajstić information content (AvgIpc) is 2.12. The van der Waals surface area contributed by atoms with Crippen LogP contribution < -0.4 is 9.38 Å². The zero-order valence-corrected chi connectivity index (χ0v) is 9.99. The molecule has 0 fully saturated rings. The molecule has 0 saturated carbocycles. The normalized spacial score (nSPS) is 11.4. The number of rotatable bonds is 5. The summed E-state index contributed by atoms with van der Waals surface area (Å²) in [6.07, 6.45) is -2.01. The van der Waals surface area contributed by atoms with Gasteiger partial charge in [-0.25, -0.2) is 17.2 Å². The third-order valence-corrected chi connectivity index (χ3v) is 2.33. The number of anilines is 1. The quantitative estimate of drug-likeness (QED) is 0.676. The molecule has 0 aromatic heterocycles. The molecular formula is C8H10BF2NO5S. The number of hydrogen-bond acceptors (Lipinski definition) is 5. The second-order valence-electron chi connectivity index (χ2n) is 3.41. The van der Waals surface area contributed by atoms with Gasteiger partial charge in [0.15, 0.2) is 0 Å². The summed E-state index contributed by atoms with van der Waals surface area (Å²) in [5, 5.41) is 17.1. The molecule has 3 N–H and O–H groups in total. The minimum absolute atomic E-state index is 0.161. The molecule has 0 unspecified atom stereocenters. The van der Waals surface area contributed by atoms with Crippen LogP contribution >= 0.6 is 0 Å². The van der Waals surface area contributed by atoms with Gasteiger partial charge in [-0.05, 0) is 12.1 Å². The lowest BCUT2D eigenvalue weighted by Gasteiger charge is -2.11. The molecule has 0 saturated heterocycles. The molecule has 0 bridgehead atoms. The Morgan fingerprint density at radius 1 is 1.33 bits per heavy atom. The third kappa shape index (κ3) is 4.86. The van der Waals surface area contributed by atoms with Crippen molar-refractivity contribution in [1.82, 2.24) is 0 Å². The maximum Gasteiger partial charge on any atom is 0.707 e. The van der Waals surface area contributed by atoms with E-state index in [1.165, 1.54) is 0 Å². The first kappa shape index (κ1) is 14.7. The van der Waals surface area contributed by atoms with Crippen molar-refractivity contribution in [2.75, 3.05) is 11.0 Å². The largest absolute Gasteiger partial charge is 0.707 e. The van der Waals surface area contributed by atoms with E-state index in [2.05, 4.69) is 4.65 Å². The number of sulfonamides is 1. The molecule has 0 aliphatic heterocycles. The van der Waals surface area contributed by atoms with E-state index in [1.54, 1.807) is 0 Å². The number of alkyl halides is 2. The van der Waals surface area contributed by atoms with Gasteiger partial charge in [-0.1, -0.05) is 0 Å². The summed E-state index contributed by atoms with van der Waals surface area (Å²) in [6.45, 7) is 0. The first-order valence-electron chi connectivity index (χ1n) is 4.61. The fraction of sp³-hybridized carbons (Fsp3) is 0.250. The Bertz CT molecular complexity index is 522. The van der Waals surface area contributed by atoms with Crippen LogP contribution in [0.3, 0.4) is 0 Å². The topological polar surface area (TPSA) is 95.9 Å². The Hall–Kier alpha value is -1.39. The van der Waals surface area contributed by atoms with Gasteiger partial charge in [0.25, 0.3) is 6.43 Å². The van der Waals surface area contributed by atoms with Crippen LogP contribution in [0.5, 0.6) is 5.75 Å². The molecule has 0 amide bonds. The highest BCUT2D eigenvalue weighted by Crippen LogP contribution is 2.28. The van der Waals surface area contributed by atoms with Gasteiger partial charge in [-0.3, -0.25) is 4.72 Å². The van der Waals surface area contributed by atoms with Gasteiger partial charge in [0.1, 0.15) is 5.75 Å². The Kier molecular flexibility index (Phi) is 4.49. The third-order valence-electron chi connectivity index (χ3n) is 1.73. The van der Waals surface area contributed by atoms with Crippen molar-refractivity contribution in [2.45, 2.75) is 6.43 Å².